The van der Waals surface area contributed by atoms with Crippen molar-refractivity contribution in [1.82, 2.24) is 4.90 Å². The summed E-state index contributed by atoms with van der Waals surface area (Å²) in [7, 11) is 0. The summed E-state index contributed by atoms with van der Waals surface area (Å²) in [4.78, 5) is 2.39. The average Bonchev–Trinajstić information content (AvgIpc) is 2.28. The van der Waals surface area contributed by atoms with Crippen molar-refractivity contribution in [2.75, 3.05) is 19.6 Å². The van der Waals surface area contributed by atoms with Crippen LogP contribution in [0.1, 0.15) is 31.2 Å². The monoisotopic (exact) mass is 236 g/mol. The van der Waals surface area contributed by atoms with Gasteiger partial charge < -0.3 is 10.6 Å². The molecule has 0 spiro atoms. The van der Waals surface area contributed by atoms with Crippen molar-refractivity contribution in [2.45, 2.75) is 31.7 Å². The molecule has 1 saturated heterocycles. The molecular formula is C14H21FN2. The molecule has 1 aromatic carbocycles. The van der Waals surface area contributed by atoms with Crippen LogP contribution in [0, 0.1) is 5.82 Å². The molecule has 0 saturated carbocycles. The second kappa shape index (κ2) is 5.61. The highest BCUT2D eigenvalue weighted by molar-refractivity contribution is 5.22. The Hall–Kier alpha value is -0.930. The molecule has 2 nitrogen and oxygen atoms in total. The average molecular weight is 236 g/mol. The zero-order valence-electron chi connectivity index (χ0n) is 10.4. The summed E-state index contributed by atoms with van der Waals surface area (Å²) < 4.78 is 13.2. The molecule has 0 aromatic heterocycles. The summed E-state index contributed by atoms with van der Waals surface area (Å²) in [5.41, 5.74) is 7.17. The molecule has 1 aliphatic rings. The fraction of sp³-hybridized carbons (Fsp3) is 0.571. The maximum atomic E-state index is 13.2. The Labute approximate surface area is 103 Å². The molecule has 0 aliphatic carbocycles. The van der Waals surface area contributed by atoms with Crippen LogP contribution in [0.5, 0.6) is 0 Å². The van der Waals surface area contributed by atoms with Gasteiger partial charge in [-0.2, -0.15) is 0 Å². The first-order valence-electron chi connectivity index (χ1n) is 6.42. The molecule has 1 aliphatic heterocycles. The van der Waals surface area contributed by atoms with E-state index in [0.717, 1.165) is 38.0 Å². The number of rotatable bonds is 3. The van der Waals surface area contributed by atoms with Gasteiger partial charge in [-0.25, -0.2) is 4.39 Å². The highest BCUT2D eigenvalue weighted by Gasteiger charge is 2.25. The van der Waals surface area contributed by atoms with E-state index in [9.17, 15) is 4.39 Å². The Balaban J connectivity index is 2.09. The van der Waals surface area contributed by atoms with Crippen LogP contribution in [0.2, 0.25) is 0 Å². The van der Waals surface area contributed by atoms with Crippen molar-refractivity contribution >= 4 is 0 Å². The lowest BCUT2D eigenvalue weighted by atomic mass is 9.88. The summed E-state index contributed by atoms with van der Waals surface area (Å²) in [5, 5.41) is 0. The van der Waals surface area contributed by atoms with E-state index in [1.807, 2.05) is 6.07 Å². The topological polar surface area (TPSA) is 29.3 Å². The summed E-state index contributed by atoms with van der Waals surface area (Å²) in [5.74, 6) is 0.227. The van der Waals surface area contributed by atoms with Crippen LogP contribution in [0.25, 0.3) is 0 Å². The Bertz CT molecular complexity index is 367. The van der Waals surface area contributed by atoms with Crippen molar-refractivity contribution in [3.8, 4) is 0 Å². The number of hydrogen-bond acceptors (Lipinski definition) is 2. The van der Waals surface area contributed by atoms with Crippen molar-refractivity contribution in [1.29, 1.82) is 0 Å². The molecular weight excluding hydrogens is 215 g/mol. The minimum atomic E-state index is -0.149. The van der Waals surface area contributed by atoms with Gasteiger partial charge in [-0.1, -0.05) is 19.1 Å². The van der Waals surface area contributed by atoms with Gasteiger partial charge in [0.15, 0.2) is 0 Å². The number of halogens is 1. The van der Waals surface area contributed by atoms with Gasteiger partial charge in [-0.05, 0) is 43.0 Å². The molecule has 17 heavy (non-hydrogen) atoms. The lowest BCUT2D eigenvalue weighted by Crippen LogP contribution is -2.46. The zero-order valence-corrected chi connectivity index (χ0v) is 10.4. The lowest BCUT2D eigenvalue weighted by Gasteiger charge is -2.36. The van der Waals surface area contributed by atoms with Crippen LogP contribution in [0.3, 0.4) is 0 Å². The minimum absolute atomic E-state index is 0.149. The van der Waals surface area contributed by atoms with Crippen molar-refractivity contribution in [3.63, 3.8) is 0 Å². The summed E-state index contributed by atoms with van der Waals surface area (Å²) >= 11 is 0. The van der Waals surface area contributed by atoms with E-state index < -0.39 is 0 Å². The third kappa shape index (κ3) is 3.27. The van der Waals surface area contributed by atoms with Gasteiger partial charge in [0.05, 0.1) is 0 Å². The lowest BCUT2D eigenvalue weighted by molar-refractivity contribution is 0.189. The Kier molecular flexibility index (Phi) is 4.13. The summed E-state index contributed by atoms with van der Waals surface area (Å²) in [6.45, 7) is 5.24. The maximum Gasteiger partial charge on any atom is 0.123 e. The van der Waals surface area contributed by atoms with Gasteiger partial charge in [0.2, 0.25) is 0 Å². The molecule has 1 fully saturated rings. The fourth-order valence-corrected chi connectivity index (χ4v) is 2.73. The van der Waals surface area contributed by atoms with Gasteiger partial charge in [-0.3, -0.25) is 0 Å². The van der Waals surface area contributed by atoms with E-state index >= 15 is 0 Å². The van der Waals surface area contributed by atoms with Crippen LogP contribution in [0.4, 0.5) is 4.39 Å². The third-order valence-corrected chi connectivity index (χ3v) is 3.42. The Morgan fingerprint density at radius 3 is 2.94 bits per heavy atom. The standard InChI is InChI=1S/C14H21FN2/c1-2-6-17-9-12(8-14(16)10-17)11-4-3-5-13(15)7-11/h3-5,7,12,14H,2,6,8-10,16H2,1H3. The van der Waals surface area contributed by atoms with E-state index in [1.165, 1.54) is 6.07 Å². The second-order valence-electron chi connectivity index (χ2n) is 5.01. The second-order valence-corrected chi connectivity index (χ2v) is 5.01. The Morgan fingerprint density at radius 2 is 2.24 bits per heavy atom. The molecule has 0 radical (unpaired) electrons. The van der Waals surface area contributed by atoms with Crippen molar-refractivity contribution in [3.05, 3.63) is 35.6 Å². The molecule has 3 heteroatoms. The van der Waals surface area contributed by atoms with Crippen LogP contribution in [0.15, 0.2) is 24.3 Å². The van der Waals surface area contributed by atoms with Crippen molar-refractivity contribution < 1.29 is 4.39 Å². The molecule has 0 amide bonds. The molecule has 94 valence electrons. The summed E-state index contributed by atoms with van der Waals surface area (Å²) in [6.07, 6.45) is 2.10. The van der Waals surface area contributed by atoms with Gasteiger partial charge >= 0.3 is 0 Å². The van der Waals surface area contributed by atoms with Gasteiger partial charge in [-0.15, -0.1) is 0 Å². The van der Waals surface area contributed by atoms with Crippen LogP contribution >= 0.6 is 0 Å². The summed E-state index contributed by atoms with van der Waals surface area (Å²) in [6, 6.07) is 7.15. The van der Waals surface area contributed by atoms with E-state index in [0.29, 0.717) is 5.92 Å². The van der Waals surface area contributed by atoms with Gasteiger partial charge in [0, 0.05) is 19.1 Å². The zero-order chi connectivity index (χ0) is 12.3. The first-order valence-corrected chi connectivity index (χ1v) is 6.42. The number of nitrogens with two attached hydrogens (primary N) is 1. The molecule has 2 N–H and O–H groups in total. The molecule has 1 aromatic rings. The van der Waals surface area contributed by atoms with Crippen LogP contribution in [-0.2, 0) is 0 Å². The number of nitrogens with zero attached hydrogens (tertiary/aromatic N) is 1. The molecule has 0 bridgehead atoms. The molecule has 2 rings (SSSR count). The number of benzene rings is 1. The largest absolute Gasteiger partial charge is 0.327 e. The van der Waals surface area contributed by atoms with Gasteiger partial charge in [0.1, 0.15) is 5.82 Å². The molecule has 2 unspecified atom stereocenters. The smallest absolute Gasteiger partial charge is 0.123 e. The first-order chi connectivity index (χ1) is 8.19. The highest BCUT2D eigenvalue weighted by atomic mass is 19.1. The number of likely N-dealkylation sites (tertiary alicyclic amines) is 1. The number of piperidine rings is 1. The van der Waals surface area contributed by atoms with Crippen molar-refractivity contribution in [2.24, 2.45) is 5.73 Å². The van der Waals surface area contributed by atoms with E-state index in [4.69, 9.17) is 5.73 Å². The predicted molar refractivity (Wildman–Crippen MR) is 68.5 cm³/mol. The first kappa shape index (κ1) is 12.5. The quantitative estimate of drug-likeness (QED) is 0.873. The third-order valence-electron chi connectivity index (χ3n) is 3.42. The van der Waals surface area contributed by atoms with Crippen LogP contribution < -0.4 is 5.73 Å². The minimum Gasteiger partial charge on any atom is -0.327 e. The fourth-order valence-electron chi connectivity index (χ4n) is 2.73. The van der Waals surface area contributed by atoms with E-state index in [1.54, 1.807) is 12.1 Å². The molecule has 1 heterocycles. The maximum absolute atomic E-state index is 13.2. The van der Waals surface area contributed by atoms with Crippen LogP contribution in [-0.4, -0.2) is 30.6 Å². The Morgan fingerprint density at radius 1 is 1.41 bits per heavy atom. The molecule has 2 atom stereocenters. The van der Waals surface area contributed by atoms with E-state index in [-0.39, 0.29) is 11.9 Å². The normalized spacial score (nSPS) is 26.1. The SMILES string of the molecule is CCCN1CC(N)CC(c2cccc(F)c2)C1. The highest BCUT2D eigenvalue weighted by Crippen LogP contribution is 2.26. The number of hydrogen-bond donors (Lipinski definition) is 1. The predicted octanol–water partition coefficient (Wildman–Crippen LogP) is 2.35. The van der Waals surface area contributed by atoms with E-state index in [2.05, 4.69) is 11.8 Å². The van der Waals surface area contributed by atoms with Gasteiger partial charge in [0.25, 0.3) is 0 Å².